The maximum absolute atomic E-state index is 11.6. The second-order valence-corrected chi connectivity index (χ2v) is 3.55. The Hall–Kier alpha value is -1.64. The van der Waals surface area contributed by atoms with Crippen LogP contribution in [0.4, 0.5) is 0 Å². The molecule has 0 aliphatic heterocycles. The van der Waals surface area contributed by atoms with Crippen molar-refractivity contribution in [2.75, 3.05) is 0 Å². The first-order valence-corrected chi connectivity index (χ1v) is 4.56. The smallest absolute Gasteiger partial charge is 0.181 e. The van der Waals surface area contributed by atoms with Crippen molar-refractivity contribution in [1.29, 1.82) is 0 Å². The Kier molecular flexibility index (Phi) is 2.08. The van der Waals surface area contributed by atoms with E-state index in [1.165, 1.54) is 6.39 Å². The van der Waals surface area contributed by atoms with Crippen molar-refractivity contribution >= 4 is 16.9 Å². The van der Waals surface area contributed by atoms with Crippen molar-refractivity contribution < 1.29 is 9.21 Å². The second-order valence-electron chi connectivity index (χ2n) is 3.55. The van der Waals surface area contributed by atoms with Crippen LogP contribution in [-0.2, 0) is 0 Å². The lowest BCUT2D eigenvalue weighted by molar-refractivity contribution is 0.0939. The van der Waals surface area contributed by atoms with Gasteiger partial charge in [-0.05, 0) is 18.2 Å². The van der Waals surface area contributed by atoms with E-state index in [2.05, 4.69) is 4.98 Å². The number of oxazole rings is 1. The first kappa shape index (κ1) is 8.94. The lowest BCUT2D eigenvalue weighted by Gasteiger charge is -2.02. The molecule has 0 fully saturated rings. The van der Waals surface area contributed by atoms with Gasteiger partial charge >= 0.3 is 0 Å². The van der Waals surface area contributed by atoms with Crippen molar-refractivity contribution in [3.05, 3.63) is 30.2 Å². The summed E-state index contributed by atoms with van der Waals surface area (Å²) in [6.45, 7) is 3.76. The van der Waals surface area contributed by atoms with Gasteiger partial charge in [-0.2, -0.15) is 0 Å². The Morgan fingerprint density at radius 1 is 1.43 bits per heavy atom. The fourth-order valence-electron chi connectivity index (χ4n) is 1.34. The van der Waals surface area contributed by atoms with E-state index in [4.69, 9.17) is 4.42 Å². The normalized spacial score (nSPS) is 11.1. The molecule has 2 rings (SSSR count). The molecule has 0 aliphatic carbocycles. The van der Waals surface area contributed by atoms with Crippen LogP contribution < -0.4 is 0 Å². The highest BCUT2D eigenvalue weighted by Crippen LogP contribution is 2.16. The zero-order chi connectivity index (χ0) is 10.1. The molecular weight excluding hydrogens is 178 g/mol. The molecule has 0 unspecified atom stereocenters. The van der Waals surface area contributed by atoms with Gasteiger partial charge in [0.15, 0.2) is 17.8 Å². The van der Waals surface area contributed by atoms with E-state index in [-0.39, 0.29) is 11.7 Å². The number of aromatic nitrogens is 1. The number of nitrogens with zero attached hydrogens (tertiary/aromatic N) is 1. The summed E-state index contributed by atoms with van der Waals surface area (Å²) in [5.41, 5.74) is 2.13. The van der Waals surface area contributed by atoms with Gasteiger partial charge in [-0.1, -0.05) is 13.8 Å². The Morgan fingerprint density at radius 3 is 2.93 bits per heavy atom. The Bertz CT molecular complexity index is 471. The van der Waals surface area contributed by atoms with E-state index in [1.807, 2.05) is 13.8 Å². The minimum absolute atomic E-state index is 0.00960. The molecule has 1 aromatic carbocycles. The fraction of sp³-hybridized carbons (Fsp3) is 0.273. The van der Waals surface area contributed by atoms with Crippen LogP contribution in [0.5, 0.6) is 0 Å². The number of hydrogen-bond acceptors (Lipinski definition) is 3. The van der Waals surface area contributed by atoms with Crippen molar-refractivity contribution in [3.63, 3.8) is 0 Å². The van der Waals surface area contributed by atoms with Crippen molar-refractivity contribution in [2.45, 2.75) is 13.8 Å². The van der Waals surface area contributed by atoms with E-state index in [0.717, 1.165) is 5.52 Å². The molecule has 2 aromatic rings. The highest BCUT2D eigenvalue weighted by atomic mass is 16.3. The quantitative estimate of drug-likeness (QED) is 0.682. The molecule has 0 saturated heterocycles. The van der Waals surface area contributed by atoms with Gasteiger partial charge in [0.2, 0.25) is 0 Å². The van der Waals surface area contributed by atoms with Crippen LogP contribution in [0.2, 0.25) is 0 Å². The molecule has 0 saturated carbocycles. The lowest BCUT2D eigenvalue weighted by atomic mass is 10.0. The highest BCUT2D eigenvalue weighted by Gasteiger charge is 2.11. The fourth-order valence-corrected chi connectivity index (χ4v) is 1.34. The summed E-state index contributed by atoms with van der Waals surface area (Å²) in [6, 6.07) is 5.33. The van der Waals surface area contributed by atoms with Gasteiger partial charge < -0.3 is 4.42 Å². The van der Waals surface area contributed by atoms with E-state index in [0.29, 0.717) is 11.1 Å². The van der Waals surface area contributed by atoms with E-state index in [1.54, 1.807) is 18.2 Å². The number of rotatable bonds is 2. The highest BCUT2D eigenvalue weighted by molar-refractivity contribution is 5.99. The number of hydrogen-bond donors (Lipinski definition) is 0. The molecule has 0 atom stereocenters. The summed E-state index contributed by atoms with van der Waals surface area (Å²) >= 11 is 0. The van der Waals surface area contributed by atoms with Gasteiger partial charge in [-0.15, -0.1) is 0 Å². The molecule has 0 spiro atoms. The minimum Gasteiger partial charge on any atom is -0.443 e. The van der Waals surface area contributed by atoms with Crippen LogP contribution in [0.3, 0.4) is 0 Å². The van der Waals surface area contributed by atoms with Crippen LogP contribution in [0.1, 0.15) is 24.2 Å². The van der Waals surface area contributed by atoms with Crippen molar-refractivity contribution in [1.82, 2.24) is 4.98 Å². The van der Waals surface area contributed by atoms with E-state index in [9.17, 15) is 4.79 Å². The number of fused-ring (bicyclic) bond motifs is 1. The second kappa shape index (κ2) is 3.25. The molecule has 14 heavy (non-hydrogen) atoms. The number of benzene rings is 1. The topological polar surface area (TPSA) is 43.1 Å². The summed E-state index contributed by atoms with van der Waals surface area (Å²) in [7, 11) is 0. The summed E-state index contributed by atoms with van der Waals surface area (Å²) in [4.78, 5) is 15.6. The number of ketones is 1. The summed E-state index contributed by atoms with van der Waals surface area (Å²) in [5.74, 6) is 0.138. The lowest BCUT2D eigenvalue weighted by Crippen LogP contribution is -2.06. The SMILES string of the molecule is CC(C)C(=O)c1ccc2ncoc2c1. The minimum atomic E-state index is 0.00960. The molecule has 0 bridgehead atoms. The molecule has 3 nitrogen and oxygen atoms in total. The van der Waals surface area contributed by atoms with Gasteiger partial charge in [-0.3, -0.25) is 4.79 Å². The first-order valence-electron chi connectivity index (χ1n) is 4.56. The van der Waals surface area contributed by atoms with Crippen molar-refractivity contribution in [2.24, 2.45) is 5.92 Å². The molecular formula is C11H11NO2. The maximum atomic E-state index is 11.6. The third kappa shape index (κ3) is 1.41. The molecule has 0 N–H and O–H groups in total. The summed E-state index contributed by atoms with van der Waals surface area (Å²) in [5, 5.41) is 0. The van der Waals surface area contributed by atoms with Gasteiger partial charge in [-0.25, -0.2) is 4.98 Å². The van der Waals surface area contributed by atoms with Gasteiger partial charge in [0.25, 0.3) is 0 Å². The predicted molar refractivity (Wildman–Crippen MR) is 53.2 cm³/mol. The first-order chi connectivity index (χ1) is 6.68. The monoisotopic (exact) mass is 189 g/mol. The van der Waals surface area contributed by atoms with Crippen LogP contribution >= 0.6 is 0 Å². The van der Waals surface area contributed by atoms with Gasteiger partial charge in [0.05, 0.1) is 0 Å². The van der Waals surface area contributed by atoms with E-state index < -0.39 is 0 Å². The zero-order valence-corrected chi connectivity index (χ0v) is 8.15. The average molecular weight is 189 g/mol. The van der Waals surface area contributed by atoms with Gasteiger partial charge in [0.1, 0.15) is 5.52 Å². The third-order valence-corrected chi connectivity index (χ3v) is 2.14. The Morgan fingerprint density at radius 2 is 2.21 bits per heavy atom. The number of Topliss-reactive ketones (excluding diaryl/α,β-unsaturated/α-hetero) is 1. The number of carbonyl (C=O) groups is 1. The van der Waals surface area contributed by atoms with Crippen molar-refractivity contribution in [3.8, 4) is 0 Å². The van der Waals surface area contributed by atoms with Gasteiger partial charge in [0, 0.05) is 11.5 Å². The molecule has 0 radical (unpaired) electrons. The average Bonchev–Trinajstić information content (AvgIpc) is 2.62. The molecule has 1 aromatic heterocycles. The van der Waals surface area contributed by atoms with E-state index >= 15 is 0 Å². The van der Waals surface area contributed by atoms with Crippen LogP contribution in [0.15, 0.2) is 29.0 Å². The Balaban J connectivity index is 2.48. The summed E-state index contributed by atoms with van der Waals surface area (Å²) < 4.78 is 5.13. The summed E-state index contributed by atoms with van der Waals surface area (Å²) in [6.07, 6.45) is 1.38. The third-order valence-electron chi connectivity index (χ3n) is 2.14. The number of carbonyl (C=O) groups excluding carboxylic acids is 1. The molecule has 0 amide bonds. The molecule has 0 aliphatic rings. The van der Waals surface area contributed by atoms with Crippen LogP contribution in [-0.4, -0.2) is 10.8 Å². The van der Waals surface area contributed by atoms with Crippen LogP contribution in [0.25, 0.3) is 11.1 Å². The molecule has 3 heteroatoms. The standard InChI is InChI=1S/C11H11NO2/c1-7(2)11(13)8-3-4-9-10(5-8)14-6-12-9/h3-7H,1-2H3. The Labute approximate surface area is 81.7 Å². The molecule has 1 heterocycles. The zero-order valence-electron chi connectivity index (χ0n) is 8.15. The largest absolute Gasteiger partial charge is 0.443 e. The predicted octanol–water partition coefficient (Wildman–Crippen LogP) is 2.67. The van der Waals surface area contributed by atoms with Crippen LogP contribution in [0, 0.1) is 5.92 Å². The molecule has 72 valence electrons. The maximum Gasteiger partial charge on any atom is 0.181 e.